The van der Waals surface area contributed by atoms with Gasteiger partial charge >= 0.3 is 0 Å². The van der Waals surface area contributed by atoms with Gasteiger partial charge in [-0.1, -0.05) is 18.2 Å². The fraction of sp³-hybridized carbons (Fsp3) is 0.316. The van der Waals surface area contributed by atoms with Crippen molar-refractivity contribution in [2.24, 2.45) is 0 Å². The Morgan fingerprint density at radius 3 is 2.92 bits per heavy atom. The standard InChI is InChI=1S/C19H19N5O2/c20-10-9-19(8-4-12-26-13-19)24-15-7-11-21-18(25)16(15)17(23-24)22-14-5-2-1-3-6-14/h1-3,5-7,11H,4,8-9,12-13H2,(H,21,25)(H,22,23). The van der Waals surface area contributed by atoms with Crippen molar-refractivity contribution < 1.29 is 4.74 Å². The zero-order chi connectivity index (χ0) is 18.0. The molecule has 7 heteroatoms. The average molecular weight is 349 g/mol. The molecule has 0 amide bonds. The summed E-state index contributed by atoms with van der Waals surface area (Å²) in [6.07, 6.45) is 3.53. The lowest BCUT2D eigenvalue weighted by Gasteiger charge is -2.35. The van der Waals surface area contributed by atoms with Gasteiger partial charge in [-0.25, -0.2) is 0 Å². The van der Waals surface area contributed by atoms with E-state index in [0.29, 0.717) is 29.9 Å². The Morgan fingerprint density at radius 2 is 2.19 bits per heavy atom. The molecule has 26 heavy (non-hydrogen) atoms. The van der Waals surface area contributed by atoms with Crippen LogP contribution in [0.25, 0.3) is 10.9 Å². The van der Waals surface area contributed by atoms with Crippen LogP contribution in [-0.4, -0.2) is 28.0 Å². The van der Waals surface area contributed by atoms with Gasteiger partial charge in [-0.3, -0.25) is 9.48 Å². The number of pyridine rings is 1. The summed E-state index contributed by atoms with van der Waals surface area (Å²) in [7, 11) is 0. The second-order valence-electron chi connectivity index (χ2n) is 6.53. The molecule has 1 atom stereocenters. The van der Waals surface area contributed by atoms with Crippen LogP contribution in [0.15, 0.2) is 47.4 Å². The van der Waals surface area contributed by atoms with Crippen molar-refractivity contribution >= 4 is 22.4 Å². The zero-order valence-electron chi connectivity index (χ0n) is 14.2. The van der Waals surface area contributed by atoms with E-state index in [4.69, 9.17) is 9.84 Å². The molecule has 3 aromatic rings. The van der Waals surface area contributed by atoms with E-state index in [1.807, 2.05) is 41.1 Å². The molecule has 1 unspecified atom stereocenters. The first-order valence-electron chi connectivity index (χ1n) is 8.61. The highest BCUT2D eigenvalue weighted by Crippen LogP contribution is 2.35. The Bertz CT molecular complexity index is 1010. The van der Waals surface area contributed by atoms with Crippen molar-refractivity contribution in [2.75, 3.05) is 18.5 Å². The van der Waals surface area contributed by atoms with E-state index < -0.39 is 5.54 Å². The van der Waals surface area contributed by atoms with Gasteiger partial charge in [0.2, 0.25) is 0 Å². The van der Waals surface area contributed by atoms with Gasteiger partial charge < -0.3 is 15.0 Å². The van der Waals surface area contributed by atoms with Crippen LogP contribution in [-0.2, 0) is 10.3 Å². The van der Waals surface area contributed by atoms with Crippen molar-refractivity contribution in [2.45, 2.75) is 24.8 Å². The van der Waals surface area contributed by atoms with Crippen molar-refractivity contribution in [3.8, 4) is 6.07 Å². The molecule has 4 rings (SSSR count). The fourth-order valence-electron chi connectivity index (χ4n) is 3.55. The third-order valence-corrected chi connectivity index (χ3v) is 4.80. The van der Waals surface area contributed by atoms with Gasteiger partial charge in [0, 0.05) is 18.5 Å². The maximum atomic E-state index is 12.5. The molecule has 2 N–H and O–H groups in total. The highest BCUT2D eigenvalue weighted by molar-refractivity contribution is 5.91. The number of H-pyrrole nitrogens is 1. The first-order chi connectivity index (χ1) is 12.7. The van der Waals surface area contributed by atoms with E-state index in [1.165, 1.54) is 0 Å². The second-order valence-corrected chi connectivity index (χ2v) is 6.53. The normalized spacial score (nSPS) is 20.0. The number of hydrogen-bond acceptors (Lipinski definition) is 5. The quantitative estimate of drug-likeness (QED) is 0.755. The fourth-order valence-corrected chi connectivity index (χ4v) is 3.55. The van der Waals surface area contributed by atoms with Crippen LogP contribution in [0.2, 0.25) is 0 Å². The Balaban J connectivity index is 1.89. The van der Waals surface area contributed by atoms with Gasteiger partial charge in [-0.2, -0.15) is 10.4 Å². The minimum Gasteiger partial charge on any atom is -0.379 e. The molecule has 0 bridgehead atoms. The smallest absolute Gasteiger partial charge is 0.261 e. The van der Waals surface area contributed by atoms with Crippen molar-refractivity contribution in [1.29, 1.82) is 5.26 Å². The van der Waals surface area contributed by atoms with Crippen LogP contribution in [0, 0.1) is 11.3 Å². The minimum absolute atomic E-state index is 0.212. The summed E-state index contributed by atoms with van der Waals surface area (Å²) in [5, 5.41) is 17.8. The van der Waals surface area contributed by atoms with Gasteiger partial charge in [0.05, 0.1) is 30.2 Å². The molecular weight excluding hydrogens is 330 g/mol. The number of ether oxygens (including phenoxy) is 1. The Labute approximate surface area is 150 Å². The number of fused-ring (bicyclic) bond motifs is 1. The number of nitrogens with zero attached hydrogens (tertiary/aromatic N) is 3. The number of nitrogens with one attached hydrogen (secondary N) is 2. The molecule has 3 heterocycles. The summed E-state index contributed by atoms with van der Waals surface area (Å²) in [5.41, 5.74) is 0.774. The highest BCUT2D eigenvalue weighted by Gasteiger charge is 2.38. The van der Waals surface area contributed by atoms with Crippen LogP contribution in [0.4, 0.5) is 11.5 Å². The van der Waals surface area contributed by atoms with Gasteiger partial charge in [0.25, 0.3) is 5.56 Å². The third-order valence-electron chi connectivity index (χ3n) is 4.80. The van der Waals surface area contributed by atoms with E-state index >= 15 is 0 Å². The topological polar surface area (TPSA) is 95.7 Å². The summed E-state index contributed by atoms with van der Waals surface area (Å²) in [5.74, 6) is 0.482. The number of aromatic amines is 1. The molecular formula is C19H19N5O2. The van der Waals surface area contributed by atoms with Crippen molar-refractivity contribution in [3.63, 3.8) is 0 Å². The lowest BCUT2D eigenvalue weighted by molar-refractivity contribution is -0.00174. The Morgan fingerprint density at radius 1 is 1.35 bits per heavy atom. The molecule has 1 aromatic carbocycles. The molecule has 1 fully saturated rings. The number of benzene rings is 1. The van der Waals surface area contributed by atoms with Gasteiger partial charge in [0.1, 0.15) is 5.39 Å². The monoisotopic (exact) mass is 349 g/mol. The van der Waals surface area contributed by atoms with E-state index in [-0.39, 0.29) is 12.0 Å². The van der Waals surface area contributed by atoms with E-state index in [2.05, 4.69) is 16.4 Å². The van der Waals surface area contributed by atoms with E-state index in [0.717, 1.165) is 18.5 Å². The van der Waals surface area contributed by atoms with Crippen molar-refractivity contribution in [1.82, 2.24) is 14.8 Å². The molecule has 1 aliphatic rings. The highest BCUT2D eigenvalue weighted by atomic mass is 16.5. The summed E-state index contributed by atoms with van der Waals surface area (Å²) >= 11 is 0. The SMILES string of the molecule is N#CCC1(n2nc(Nc3ccccc3)c3c(=O)[nH]ccc32)CCCOC1. The number of anilines is 2. The molecule has 1 saturated heterocycles. The first-order valence-corrected chi connectivity index (χ1v) is 8.61. The number of nitriles is 1. The second kappa shape index (κ2) is 6.65. The van der Waals surface area contributed by atoms with Crippen LogP contribution in [0.1, 0.15) is 19.3 Å². The molecule has 0 saturated carbocycles. The maximum absolute atomic E-state index is 12.5. The zero-order valence-corrected chi connectivity index (χ0v) is 14.2. The maximum Gasteiger partial charge on any atom is 0.261 e. The lowest BCUT2D eigenvalue weighted by Crippen LogP contribution is -2.42. The summed E-state index contributed by atoms with van der Waals surface area (Å²) in [6.45, 7) is 1.09. The summed E-state index contributed by atoms with van der Waals surface area (Å²) < 4.78 is 7.49. The molecule has 132 valence electrons. The molecule has 2 aromatic heterocycles. The van der Waals surface area contributed by atoms with E-state index in [9.17, 15) is 10.1 Å². The van der Waals surface area contributed by atoms with Crippen LogP contribution in [0.3, 0.4) is 0 Å². The molecule has 0 aliphatic carbocycles. The predicted octanol–water partition coefficient (Wildman–Crippen LogP) is 2.89. The van der Waals surface area contributed by atoms with Crippen LogP contribution >= 0.6 is 0 Å². The largest absolute Gasteiger partial charge is 0.379 e. The van der Waals surface area contributed by atoms with Gasteiger partial charge in [-0.15, -0.1) is 0 Å². The Kier molecular flexibility index (Phi) is 4.19. The summed E-state index contributed by atoms with van der Waals surface area (Å²) in [4.78, 5) is 15.2. The molecule has 0 radical (unpaired) electrons. The number of para-hydroxylation sites is 1. The minimum atomic E-state index is -0.560. The van der Waals surface area contributed by atoms with E-state index in [1.54, 1.807) is 6.20 Å². The average Bonchev–Trinajstić information content (AvgIpc) is 3.04. The number of rotatable bonds is 4. The van der Waals surface area contributed by atoms with Gasteiger partial charge in [-0.05, 0) is 31.0 Å². The third kappa shape index (κ3) is 2.74. The lowest BCUT2D eigenvalue weighted by atomic mass is 9.89. The van der Waals surface area contributed by atoms with Gasteiger partial charge in [0.15, 0.2) is 5.82 Å². The predicted molar refractivity (Wildman–Crippen MR) is 98.3 cm³/mol. The molecule has 1 aliphatic heterocycles. The van der Waals surface area contributed by atoms with Crippen LogP contribution < -0.4 is 10.9 Å². The number of hydrogen-bond donors (Lipinski definition) is 2. The van der Waals surface area contributed by atoms with Crippen molar-refractivity contribution in [3.05, 3.63) is 52.9 Å². The molecule has 7 nitrogen and oxygen atoms in total. The molecule has 0 spiro atoms. The summed E-state index contributed by atoms with van der Waals surface area (Å²) in [6, 6.07) is 13.7. The van der Waals surface area contributed by atoms with Crippen LogP contribution in [0.5, 0.6) is 0 Å². The Hall–Kier alpha value is -3.11. The first kappa shape index (κ1) is 16.4. The number of aromatic nitrogens is 3.